The lowest BCUT2D eigenvalue weighted by Gasteiger charge is -2.30. The minimum Gasteiger partial charge on any atom is -0.379 e. The summed E-state index contributed by atoms with van der Waals surface area (Å²) in [6.07, 6.45) is 1.99. The maximum Gasteiger partial charge on any atom is 0.113 e. The molecule has 106 valence electrons. The molecule has 1 fully saturated rings. The lowest BCUT2D eigenvalue weighted by molar-refractivity contribution is 0.0483. The van der Waals surface area contributed by atoms with E-state index < -0.39 is 5.67 Å². The zero-order valence-electron chi connectivity index (χ0n) is 11.9. The Morgan fingerprint density at radius 2 is 2.00 bits per heavy atom. The molecule has 1 aromatic rings. The summed E-state index contributed by atoms with van der Waals surface area (Å²) in [6, 6.07) is 8.41. The van der Waals surface area contributed by atoms with Gasteiger partial charge in [0, 0.05) is 19.0 Å². The van der Waals surface area contributed by atoms with Crippen molar-refractivity contribution in [3.63, 3.8) is 0 Å². The summed E-state index contributed by atoms with van der Waals surface area (Å²) in [5.74, 6) is 0. The van der Waals surface area contributed by atoms with E-state index in [-0.39, 0.29) is 6.04 Å². The van der Waals surface area contributed by atoms with Gasteiger partial charge < -0.3 is 10.1 Å². The second-order valence-electron chi connectivity index (χ2n) is 5.69. The van der Waals surface area contributed by atoms with Gasteiger partial charge in [-0.05, 0) is 30.9 Å². The number of alkyl halides is 1. The Kier molecular flexibility index (Phi) is 4.94. The number of rotatable bonds is 5. The quantitative estimate of drug-likeness (QED) is 0.884. The average molecular weight is 265 g/mol. The number of ether oxygens (including phenoxy) is 1. The third kappa shape index (κ3) is 4.59. The van der Waals surface area contributed by atoms with Gasteiger partial charge in [0.15, 0.2) is 0 Å². The Bertz CT molecular complexity index is 382. The monoisotopic (exact) mass is 265 g/mol. The number of hydrogen-bond acceptors (Lipinski definition) is 2. The molecule has 2 atom stereocenters. The zero-order chi connectivity index (χ0) is 13.7. The Labute approximate surface area is 115 Å². The van der Waals surface area contributed by atoms with Gasteiger partial charge in [0.05, 0.1) is 13.2 Å². The minimum absolute atomic E-state index is 0.138. The Morgan fingerprint density at radius 1 is 1.32 bits per heavy atom. The molecule has 1 aromatic carbocycles. The third-order valence-corrected chi connectivity index (χ3v) is 3.67. The molecule has 1 saturated heterocycles. The number of halogens is 1. The lowest BCUT2D eigenvalue weighted by Crippen LogP contribution is -2.45. The van der Waals surface area contributed by atoms with Crippen LogP contribution in [0.15, 0.2) is 24.3 Å². The van der Waals surface area contributed by atoms with Crippen LogP contribution in [0.5, 0.6) is 0 Å². The van der Waals surface area contributed by atoms with Crippen molar-refractivity contribution in [2.45, 2.75) is 44.8 Å². The molecule has 0 bridgehead atoms. The molecule has 0 saturated carbocycles. The summed E-state index contributed by atoms with van der Waals surface area (Å²) in [5, 5.41) is 3.31. The summed E-state index contributed by atoms with van der Waals surface area (Å²) in [7, 11) is 0. The van der Waals surface area contributed by atoms with Crippen LogP contribution in [0.25, 0.3) is 0 Å². The molecule has 0 spiro atoms. The van der Waals surface area contributed by atoms with E-state index in [0.717, 1.165) is 25.1 Å². The molecule has 0 aromatic heterocycles. The molecule has 0 amide bonds. The second kappa shape index (κ2) is 6.49. The second-order valence-corrected chi connectivity index (χ2v) is 5.69. The number of benzene rings is 1. The van der Waals surface area contributed by atoms with E-state index in [2.05, 4.69) is 24.4 Å². The molecule has 2 rings (SSSR count). The molecule has 1 aliphatic rings. The highest BCUT2D eigenvalue weighted by Crippen LogP contribution is 2.24. The molecule has 1 N–H and O–H groups in total. The summed E-state index contributed by atoms with van der Waals surface area (Å²) in [6.45, 7) is 6.00. The summed E-state index contributed by atoms with van der Waals surface area (Å²) < 4.78 is 20.0. The van der Waals surface area contributed by atoms with Crippen LogP contribution in [0.3, 0.4) is 0 Å². The van der Waals surface area contributed by atoms with E-state index >= 15 is 0 Å². The molecule has 1 heterocycles. The minimum atomic E-state index is -1.19. The molecular formula is C16H24FNO. The molecule has 2 unspecified atom stereocenters. The first kappa shape index (κ1) is 14.5. The van der Waals surface area contributed by atoms with E-state index in [4.69, 9.17) is 4.74 Å². The van der Waals surface area contributed by atoms with Crippen LogP contribution in [0.4, 0.5) is 4.39 Å². The van der Waals surface area contributed by atoms with Gasteiger partial charge in [0.25, 0.3) is 0 Å². The largest absolute Gasteiger partial charge is 0.379 e. The number of morpholine rings is 1. The summed E-state index contributed by atoms with van der Waals surface area (Å²) in [5.41, 5.74) is 1.18. The fourth-order valence-electron chi connectivity index (χ4n) is 2.66. The van der Waals surface area contributed by atoms with Crippen molar-refractivity contribution in [1.29, 1.82) is 0 Å². The number of hydrogen-bond donors (Lipinski definition) is 1. The lowest BCUT2D eigenvalue weighted by atomic mass is 9.91. The van der Waals surface area contributed by atoms with Gasteiger partial charge in [-0.2, -0.15) is 0 Å². The Morgan fingerprint density at radius 3 is 2.58 bits per heavy atom. The van der Waals surface area contributed by atoms with Gasteiger partial charge in [-0.15, -0.1) is 0 Å². The highest BCUT2D eigenvalue weighted by atomic mass is 19.1. The Hall–Kier alpha value is -0.930. The van der Waals surface area contributed by atoms with Gasteiger partial charge in [0.2, 0.25) is 0 Å². The van der Waals surface area contributed by atoms with Crippen molar-refractivity contribution >= 4 is 0 Å². The number of aryl methyl sites for hydroxylation is 1. The van der Waals surface area contributed by atoms with E-state index in [1.54, 1.807) is 6.92 Å². The van der Waals surface area contributed by atoms with Crippen LogP contribution in [0, 0.1) is 0 Å². The normalized spacial score (nSPS) is 23.0. The maximum absolute atomic E-state index is 14.6. The topological polar surface area (TPSA) is 21.3 Å². The maximum atomic E-state index is 14.6. The van der Waals surface area contributed by atoms with Gasteiger partial charge in [-0.25, -0.2) is 4.39 Å². The van der Waals surface area contributed by atoms with Crippen LogP contribution in [0.1, 0.15) is 31.4 Å². The van der Waals surface area contributed by atoms with Crippen LogP contribution in [-0.4, -0.2) is 31.5 Å². The molecular weight excluding hydrogens is 241 g/mol. The average Bonchev–Trinajstić information content (AvgIpc) is 2.39. The highest BCUT2D eigenvalue weighted by Gasteiger charge is 2.29. The van der Waals surface area contributed by atoms with Crippen LogP contribution in [-0.2, 0) is 17.6 Å². The predicted octanol–water partition coefficient (Wildman–Crippen LogP) is 2.90. The molecule has 0 radical (unpaired) electrons. The smallest absolute Gasteiger partial charge is 0.113 e. The summed E-state index contributed by atoms with van der Waals surface area (Å²) >= 11 is 0. The van der Waals surface area contributed by atoms with Crippen LogP contribution in [0.2, 0.25) is 0 Å². The van der Waals surface area contributed by atoms with Gasteiger partial charge >= 0.3 is 0 Å². The molecule has 19 heavy (non-hydrogen) atoms. The van der Waals surface area contributed by atoms with E-state index in [9.17, 15) is 4.39 Å². The molecule has 1 aliphatic heterocycles. The van der Waals surface area contributed by atoms with Gasteiger partial charge in [-0.3, -0.25) is 0 Å². The molecule has 0 aliphatic carbocycles. The van der Waals surface area contributed by atoms with E-state index in [1.807, 2.05) is 12.1 Å². The van der Waals surface area contributed by atoms with E-state index in [1.165, 1.54) is 5.56 Å². The van der Waals surface area contributed by atoms with Crippen molar-refractivity contribution in [1.82, 2.24) is 5.32 Å². The van der Waals surface area contributed by atoms with Gasteiger partial charge in [0.1, 0.15) is 5.67 Å². The standard InChI is InChI=1S/C16H24FNO/c1-3-13-4-6-14(7-5-13)10-16(2,17)11-15-12-19-9-8-18-15/h4-7,15,18H,3,8-12H2,1-2H3. The van der Waals surface area contributed by atoms with Crippen molar-refractivity contribution in [3.8, 4) is 0 Å². The van der Waals surface area contributed by atoms with Crippen molar-refractivity contribution < 1.29 is 9.13 Å². The fourth-order valence-corrected chi connectivity index (χ4v) is 2.66. The first-order valence-corrected chi connectivity index (χ1v) is 7.17. The first-order chi connectivity index (χ1) is 9.09. The van der Waals surface area contributed by atoms with Crippen molar-refractivity contribution in [2.75, 3.05) is 19.8 Å². The van der Waals surface area contributed by atoms with E-state index in [0.29, 0.717) is 19.4 Å². The predicted molar refractivity (Wildman–Crippen MR) is 76.3 cm³/mol. The molecule has 2 nitrogen and oxygen atoms in total. The van der Waals surface area contributed by atoms with Crippen LogP contribution < -0.4 is 5.32 Å². The third-order valence-electron chi connectivity index (χ3n) is 3.67. The van der Waals surface area contributed by atoms with Crippen molar-refractivity contribution in [2.24, 2.45) is 0 Å². The van der Waals surface area contributed by atoms with Gasteiger partial charge in [-0.1, -0.05) is 31.2 Å². The first-order valence-electron chi connectivity index (χ1n) is 7.17. The highest BCUT2D eigenvalue weighted by molar-refractivity contribution is 5.23. The van der Waals surface area contributed by atoms with Crippen molar-refractivity contribution in [3.05, 3.63) is 35.4 Å². The number of nitrogens with one attached hydrogen (secondary N) is 1. The summed E-state index contributed by atoms with van der Waals surface area (Å²) in [4.78, 5) is 0. The SMILES string of the molecule is CCc1ccc(CC(C)(F)CC2COCCN2)cc1. The molecule has 3 heteroatoms. The Balaban J connectivity index is 1.91. The van der Waals surface area contributed by atoms with Crippen LogP contribution >= 0.6 is 0 Å². The fraction of sp³-hybridized carbons (Fsp3) is 0.625. The zero-order valence-corrected chi connectivity index (χ0v) is 11.9.